The van der Waals surface area contributed by atoms with Gasteiger partial charge in [-0.15, -0.1) is 11.8 Å². The summed E-state index contributed by atoms with van der Waals surface area (Å²) >= 11 is 7.42. The second kappa shape index (κ2) is 9.14. The normalized spacial score (nSPS) is 25.4. The smallest absolute Gasteiger partial charge is 0.340 e. The van der Waals surface area contributed by atoms with Crippen molar-refractivity contribution in [3.05, 3.63) is 57.5 Å². The summed E-state index contributed by atoms with van der Waals surface area (Å²) in [5, 5.41) is 4.05. The Kier molecular flexibility index (Phi) is 6.44. The number of carbonyl (C=O) groups is 1. The number of benzene rings is 1. The fourth-order valence-corrected chi connectivity index (χ4v) is 7.04. The van der Waals surface area contributed by atoms with Crippen molar-refractivity contribution in [2.45, 2.75) is 43.1 Å². The molecule has 3 aliphatic rings. The molecule has 2 aromatic rings. The number of aromatic nitrogens is 2. The highest BCUT2D eigenvalue weighted by molar-refractivity contribution is 8.05. The van der Waals surface area contributed by atoms with Gasteiger partial charge in [-0.2, -0.15) is 5.10 Å². The van der Waals surface area contributed by atoms with E-state index in [1.807, 2.05) is 6.92 Å². The van der Waals surface area contributed by atoms with Gasteiger partial charge in [-0.25, -0.2) is 22.6 Å². The number of methoxy groups -OCH3 is 1. The molecule has 11 heteroatoms. The van der Waals surface area contributed by atoms with Crippen LogP contribution in [0.15, 0.2) is 34.8 Å². The third-order valence-electron chi connectivity index (χ3n) is 7.15. The molecule has 0 radical (unpaired) electrons. The van der Waals surface area contributed by atoms with Crippen molar-refractivity contribution in [1.29, 1.82) is 0 Å². The Bertz CT molecular complexity index is 1180. The van der Waals surface area contributed by atoms with Crippen molar-refractivity contribution < 1.29 is 27.4 Å². The van der Waals surface area contributed by atoms with E-state index in [1.165, 1.54) is 47.8 Å². The maximum atomic E-state index is 14.7. The highest BCUT2D eigenvalue weighted by Gasteiger charge is 2.60. The Balaban J connectivity index is 1.31. The van der Waals surface area contributed by atoms with Gasteiger partial charge in [0, 0.05) is 31.4 Å². The number of ether oxygens (including phenoxy) is 2. The molecule has 2 saturated heterocycles. The van der Waals surface area contributed by atoms with E-state index in [2.05, 4.69) is 10.00 Å². The molecule has 1 spiro atoms. The van der Waals surface area contributed by atoms with Gasteiger partial charge in [0.15, 0.2) is 0 Å². The first-order valence-electron chi connectivity index (χ1n) is 11.3. The summed E-state index contributed by atoms with van der Waals surface area (Å²) in [6.45, 7) is 3.11. The third-order valence-corrected chi connectivity index (χ3v) is 8.88. The number of esters is 1. The first-order chi connectivity index (χ1) is 16.6. The Hall–Kier alpha value is -2.01. The number of thioether (sulfide) groups is 1. The summed E-state index contributed by atoms with van der Waals surface area (Å²) in [7, 11) is 1.24. The lowest BCUT2D eigenvalue weighted by atomic mass is 9.77. The van der Waals surface area contributed by atoms with Gasteiger partial charge in [-0.1, -0.05) is 17.7 Å². The van der Waals surface area contributed by atoms with Crippen LogP contribution in [0.2, 0.25) is 0 Å². The van der Waals surface area contributed by atoms with Crippen LogP contribution in [0.4, 0.5) is 13.2 Å². The molecule has 188 valence electrons. The van der Waals surface area contributed by atoms with Crippen LogP contribution in [0.5, 0.6) is 0 Å². The van der Waals surface area contributed by atoms with E-state index >= 15 is 0 Å². The van der Waals surface area contributed by atoms with Gasteiger partial charge in [0.25, 0.3) is 5.92 Å². The fourth-order valence-electron chi connectivity index (χ4n) is 5.21. The number of rotatable bonds is 4. The van der Waals surface area contributed by atoms with Gasteiger partial charge in [-0.05, 0) is 38.0 Å². The summed E-state index contributed by atoms with van der Waals surface area (Å²) in [5.41, 5.74) is 1.08. The zero-order chi connectivity index (χ0) is 25.0. The maximum Gasteiger partial charge on any atom is 0.340 e. The summed E-state index contributed by atoms with van der Waals surface area (Å²) in [5.74, 6) is -5.06. The Labute approximate surface area is 210 Å². The molecule has 0 N–H and O–H groups in total. The van der Waals surface area contributed by atoms with E-state index in [0.717, 1.165) is 5.56 Å². The van der Waals surface area contributed by atoms with E-state index in [1.54, 1.807) is 6.20 Å². The van der Waals surface area contributed by atoms with Crippen molar-refractivity contribution in [2.75, 3.05) is 26.8 Å². The molecule has 3 aliphatic heterocycles. The van der Waals surface area contributed by atoms with E-state index in [0.29, 0.717) is 42.5 Å². The van der Waals surface area contributed by atoms with Crippen LogP contribution in [0.25, 0.3) is 5.69 Å². The van der Waals surface area contributed by atoms with Crippen LogP contribution >= 0.6 is 23.4 Å². The van der Waals surface area contributed by atoms with E-state index in [-0.39, 0.29) is 11.3 Å². The number of hydrogen-bond acceptors (Lipinski definition) is 6. The van der Waals surface area contributed by atoms with Crippen LogP contribution in [-0.4, -0.2) is 64.2 Å². The first-order valence-corrected chi connectivity index (χ1v) is 12.6. The zero-order valence-corrected chi connectivity index (χ0v) is 20.8. The molecule has 1 aromatic heterocycles. The van der Waals surface area contributed by atoms with E-state index in [9.17, 15) is 18.0 Å². The lowest BCUT2D eigenvalue weighted by Gasteiger charge is -2.51. The maximum absolute atomic E-state index is 14.7. The van der Waals surface area contributed by atoms with Crippen molar-refractivity contribution in [3.8, 4) is 5.69 Å². The fraction of sp³-hybridized carbons (Fsp3) is 0.500. The number of carbonyl (C=O) groups excluding carboxylic acids is 1. The SMILES string of the molecule is COC(=O)c1cccc(F)c1-n1cc(CN2CCC3(CC2)OCC(F)(F)C2C=C(Cl)SC23)c(C)n1. The quantitative estimate of drug-likeness (QED) is 0.526. The van der Waals surface area contributed by atoms with Crippen molar-refractivity contribution in [1.82, 2.24) is 14.7 Å². The molecule has 0 saturated carbocycles. The molecule has 35 heavy (non-hydrogen) atoms. The van der Waals surface area contributed by atoms with Crippen molar-refractivity contribution >= 4 is 29.3 Å². The number of fused-ring (bicyclic) bond motifs is 2. The Morgan fingerprint density at radius 1 is 1.34 bits per heavy atom. The number of aryl methyl sites for hydroxylation is 1. The number of allylic oxidation sites excluding steroid dienone is 1. The summed E-state index contributed by atoms with van der Waals surface area (Å²) < 4.78 is 55.9. The molecule has 0 aliphatic carbocycles. The van der Waals surface area contributed by atoms with E-state index in [4.69, 9.17) is 21.1 Å². The van der Waals surface area contributed by atoms with Gasteiger partial charge in [0.1, 0.15) is 18.1 Å². The predicted octanol–water partition coefficient (Wildman–Crippen LogP) is 4.92. The predicted molar refractivity (Wildman–Crippen MR) is 127 cm³/mol. The first kappa shape index (κ1) is 24.7. The van der Waals surface area contributed by atoms with Crippen LogP contribution in [0, 0.1) is 18.7 Å². The largest absolute Gasteiger partial charge is 0.465 e. The summed E-state index contributed by atoms with van der Waals surface area (Å²) in [4.78, 5) is 14.4. The van der Waals surface area contributed by atoms with E-state index < -0.39 is 41.1 Å². The lowest BCUT2D eigenvalue weighted by Crippen LogP contribution is -2.61. The summed E-state index contributed by atoms with van der Waals surface area (Å²) in [6, 6.07) is 4.21. The van der Waals surface area contributed by atoms with Crippen LogP contribution in [0.1, 0.15) is 34.5 Å². The number of piperidine rings is 1. The Morgan fingerprint density at radius 2 is 2.09 bits per heavy atom. The van der Waals surface area contributed by atoms with Crippen LogP contribution < -0.4 is 0 Å². The molecule has 5 rings (SSSR count). The number of halogens is 4. The molecular weight excluding hydrogens is 503 g/mol. The van der Waals surface area contributed by atoms with Crippen LogP contribution in [-0.2, 0) is 16.0 Å². The standard InChI is InChI=1S/C24H25ClF3N3O3S/c1-14-15(12-31(29-14)20-16(22(32)33-2)4-3-5-18(20)26)11-30-8-6-23(7-9-30)21-17(10-19(25)35-21)24(27,28)13-34-23/h3-5,10,12,17,21H,6-9,11,13H2,1-2H3. The molecule has 0 bridgehead atoms. The highest BCUT2D eigenvalue weighted by Crippen LogP contribution is 2.56. The number of nitrogens with zero attached hydrogens (tertiary/aromatic N) is 3. The van der Waals surface area contributed by atoms with Gasteiger partial charge in [0.2, 0.25) is 0 Å². The number of alkyl halides is 2. The molecule has 1 aromatic carbocycles. The van der Waals surface area contributed by atoms with Gasteiger partial charge >= 0.3 is 5.97 Å². The topological polar surface area (TPSA) is 56.6 Å². The minimum atomic E-state index is -2.92. The monoisotopic (exact) mass is 527 g/mol. The lowest BCUT2D eigenvalue weighted by molar-refractivity contribution is -0.215. The van der Waals surface area contributed by atoms with Crippen molar-refractivity contribution in [3.63, 3.8) is 0 Å². The van der Waals surface area contributed by atoms with Gasteiger partial charge in [0.05, 0.1) is 39.5 Å². The molecule has 6 nitrogen and oxygen atoms in total. The zero-order valence-electron chi connectivity index (χ0n) is 19.3. The Morgan fingerprint density at radius 3 is 2.80 bits per heavy atom. The molecule has 0 amide bonds. The number of para-hydroxylation sites is 1. The van der Waals surface area contributed by atoms with Crippen LogP contribution in [0.3, 0.4) is 0 Å². The minimum absolute atomic E-state index is 0.0384. The average molecular weight is 528 g/mol. The second-order valence-electron chi connectivity index (χ2n) is 9.24. The number of hydrogen-bond donors (Lipinski definition) is 0. The molecular formula is C24H25ClF3N3O3S. The highest BCUT2D eigenvalue weighted by atomic mass is 35.5. The third kappa shape index (κ3) is 4.39. The molecule has 2 unspecified atom stereocenters. The molecule has 2 atom stereocenters. The molecule has 2 fully saturated rings. The van der Waals surface area contributed by atoms with Crippen molar-refractivity contribution in [2.24, 2.45) is 5.92 Å². The number of likely N-dealkylation sites (tertiary alicyclic amines) is 1. The van der Waals surface area contributed by atoms with Gasteiger partial charge < -0.3 is 9.47 Å². The summed E-state index contributed by atoms with van der Waals surface area (Å²) in [6.07, 6.45) is 4.43. The average Bonchev–Trinajstić information content (AvgIpc) is 3.41. The minimum Gasteiger partial charge on any atom is -0.465 e. The van der Waals surface area contributed by atoms with Gasteiger partial charge in [-0.3, -0.25) is 4.90 Å². The second-order valence-corrected chi connectivity index (χ2v) is 11.1. The molecule has 4 heterocycles.